The van der Waals surface area contributed by atoms with Crippen LogP contribution in [-0.2, 0) is 14.3 Å². The molecule has 2 bridgehead atoms. The lowest BCUT2D eigenvalue weighted by Gasteiger charge is -2.47. The van der Waals surface area contributed by atoms with Crippen molar-refractivity contribution in [2.24, 2.45) is 5.92 Å². The van der Waals surface area contributed by atoms with Crippen molar-refractivity contribution >= 4 is 11.9 Å². The Morgan fingerprint density at radius 1 is 0.969 bits per heavy atom. The molecule has 5 heteroatoms. The summed E-state index contributed by atoms with van der Waals surface area (Å²) in [6.45, 7) is 5.10. The second-order valence-electron chi connectivity index (χ2n) is 9.35. The molecule has 2 fully saturated rings. The minimum atomic E-state index is -0.293. The largest absolute Gasteiger partial charge is 0.448 e. The van der Waals surface area contributed by atoms with Gasteiger partial charge in [-0.25, -0.2) is 4.79 Å². The van der Waals surface area contributed by atoms with Crippen molar-refractivity contribution in [2.75, 3.05) is 19.8 Å². The first-order chi connectivity index (χ1) is 15.5. The SMILES string of the molecule is CC(C)=CC(=O)C1CC2COCC(C1)N2C(=O)OCC1c2ccccc2-c2ccccc21. The van der Waals surface area contributed by atoms with E-state index in [0.717, 1.165) is 5.57 Å². The number of fused-ring (bicyclic) bond motifs is 5. The van der Waals surface area contributed by atoms with E-state index < -0.39 is 0 Å². The predicted molar refractivity (Wildman–Crippen MR) is 122 cm³/mol. The highest BCUT2D eigenvalue weighted by Gasteiger charge is 2.44. The molecule has 2 unspecified atom stereocenters. The minimum absolute atomic E-state index is 0.0409. The van der Waals surface area contributed by atoms with Gasteiger partial charge < -0.3 is 9.47 Å². The molecule has 166 valence electrons. The molecule has 5 nitrogen and oxygen atoms in total. The number of hydrogen-bond donors (Lipinski definition) is 0. The highest BCUT2D eigenvalue weighted by atomic mass is 16.6. The van der Waals surface area contributed by atoms with Gasteiger partial charge in [-0.05, 0) is 55.0 Å². The van der Waals surface area contributed by atoms with Crippen LogP contribution in [0.3, 0.4) is 0 Å². The average Bonchev–Trinajstić information content (AvgIpc) is 3.10. The normalized spacial score (nSPS) is 23.8. The summed E-state index contributed by atoms with van der Waals surface area (Å²) in [5.41, 5.74) is 5.85. The number of hydrogen-bond acceptors (Lipinski definition) is 4. The van der Waals surface area contributed by atoms with Crippen LogP contribution in [0.25, 0.3) is 11.1 Å². The summed E-state index contributed by atoms with van der Waals surface area (Å²) in [4.78, 5) is 27.6. The summed E-state index contributed by atoms with van der Waals surface area (Å²) in [7, 11) is 0. The van der Waals surface area contributed by atoms with E-state index >= 15 is 0 Å². The van der Waals surface area contributed by atoms with Crippen LogP contribution in [0.2, 0.25) is 0 Å². The van der Waals surface area contributed by atoms with E-state index in [0.29, 0.717) is 32.7 Å². The number of benzene rings is 2. The molecule has 1 aliphatic carbocycles. The molecular weight excluding hydrogens is 402 g/mol. The van der Waals surface area contributed by atoms with Gasteiger partial charge in [-0.1, -0.05) is 54.1 Å². The number of rotatable bonds is 4. The summed E-state index contributed by atoms with van der Waals surface area (Å²) in [5.74, 6) is 0.148. The number of piperidine rings is 1. The van der Waals surface area contributed by atoms with Crippen LogP contribution in [0.1, 0.15) is 43.7 Å². The second-order valence-corrected chi connectivity index (χ2v) is 9.35. The number of ether oxygens (including phenoxy) is 2. The van der Waals surface area contributed by atoms with Gasteiger partial charge >= 0.3 is 6.09 Å². The van der Waals surface area contributed by atoms with Gasteiger partial charge in [-0.2, -0.15) is 0 Å². The molecule has 0 aromatic heterocycles. The Morgan fingerprint density at radius 3 is 2.09 bits per heavy atom. The second kappa shape index (κ2) is 8.55. The highest BCUT2D eigenvalue weighted by Crippen LogP contribution is 2.44. The van der Waals surface area contributed by atoms with Crippen LogP contribution in [0.4, 0.5) is 4.79 Å². The number of carbonyl (C=O) groups excluding carboxylic acids is 2. The highest BCUT2D eigenvalue weighted by molar-refractivity contribution is 5.92. The van der Waals surface area contributed by atoms with Crippen LogP contribution in [0.15, 0.2) is 60.2 Å². The number of morpholine rings is 1. The zero-order valence-corrected chi connectivity index (χ0v) is 18.6. The Labute approximate surface area is 189 Å². The Bertz CT molecular complexity index is 1010. The number of ketones is 1. The van der Waals surface area contributed by atoms with Crippen molar-refractivity contribution in [1.82, 2.24) is 4.90 Å². The molecule has 2 aromatic carbocycles. The van der Waals surface area contributed by atoms with Gasteiger partial charge in [-0.3, -0.25) is 9.69 Å². The molecule has 2 atom stereocenters. The molecule has 0 N–H and O–H groups in total. The van der Waals surface area contributed by atoms with Gasteiger partial charge in [0.25, 0.3) is 0 Å². The van der Waals surface area contributed by atoms with Crippen molar-refractivity contribution in [3.8, 4) is 11.1 Å². The Morgan fingerprint density at radius 2 is 1.53 bits per heavy atom. The Hall–Kier alpha value is -2.92. The Balaban J connectivity index is 1.30. The van der Waals surface area contributed by atoms with Crippen LogP contribution < -0.4 is 0 Å². The third kappa shape index (κ3) is 3.75. The van der Waals surface area contributed by atoms with E-state index in [2.05, 4.69) is 24.3 Å². The van der Waals surface area contributed by atoms with E-state index in [1.807, 2.05) is 43.0 Å². The first-order valence-electron chi connectivity index (χ1n) is 11.4. The van der Waals surface area contributed by atoms with Crippen molar-refractivity contribution in [3.05, 3.63) is 71.3 Å². The molecule has 2 aliphatic heterocycles. The summed E-state index contributed by atoms with van der Waals surface area (Å²) in [6, 6.07) is 16.4. The lowest BCUT2D eigenvalue weighted by atomic mass is 9.82. The van der Waals surface area contributed by atoms with Gasteiger partial charge in [0.15, 0.2) is 5.78 Å². The predicted octanol–water partition coefficient (Wildman–Crippen LogP) is 4.95. The lowest BCUT2D eigenvalue weighted by Crippen LogP contribution is -2.60. The molecule has 32 heavy (non-hydrogen) atoms. The third-order valence-electron chi connectivity index (χ3n) is 6.90. The number of nitrogens with zero attached hydrogens (tertiary/aromatic N) is 1. The van der Waals surface area contributed by atoms with E-state index in [1.54, 1.807) is 6.08 Å². The maximum Gasteiger partial charge on any atom is 0.410 e. The summed E-state index contributed by atoms with van der Waals surface area (Å²) in [5, 5.41) is 0. The molecule has 0 radical (unpaired) electrons. The fraction of sp³-hybridized carbons (Fsp3) is 0.407. The third-order valence-corrected chi connectivity index (χ3v) is 6.90. The average molecular weight is 432 g/mol. The fourth-order valence-corrected chi connectivity index (χ4v) is 5.52. The summed E-state index contributed by atoms with van der Waals surface area (Å²) < 4.78 is 11.6. The minimum Gasteiger partial charge on any atom is -0.448 e. The van der Waals surface area contributed by atoms with E-state index in [9.17, 15) is 9.59 Å². The van der Waals surface area contributed by atoms with Crippen molar-refractivity contribution < 1.29 is 19.1 Å². The lowest BCUT2D eigenvalue weighted by molar-refractivity contribution is -0.126. The van der Waals surface area contributed by atoms with Gasteiger partial charge in [0.05, 0.1) is 25.3 Å². The smallest absolute Gasteiger partial charge is 0.410 e. The van der Waals surface area contributed by atoms with Gasteiger partial charge in [-0.15, -0.1) is 0 Å². The van der Waals surface area contributed by atoms with E-state index in [1.165, 1.54) is 22.3 Å². The summed E-state index contributed by atoms with van der Waals surface area (Å²) in [6.07, 6.45) is 2.69. The molecule has 2 saturated heterocycles. The van der Waals surface area contributed by atoms with Crippen LogP contribution in [0, 0.1) is 5.92 Å². The van der Waals surface area contributed by atoms with E-state index in [4.69, 9.17) is 9.47 Å². The first kappa shape index (κ1) is 21.0. The fourth-order valence-electron chi connectivity index (χ4n) is 5.52. The zero-order chi connectivity index (χ0) is 22.2. The molecule has 2 aromatic rings. The van der Waals surface area contributed by atoms with Gasteiger partial charge in [0, 0.05) is 11.8 Å². The first-order valence-corrected chi connectivity index (χ1v) is 11.4. The van der Waals surface area contributed by atoms with Crippen LogP contribution in [0.5, 0.6) is 0 Å². The van der Waals surface area contributed by atoms with Crippen LogP contribution in [-0.4, -0.2) is 48.7 Å². The quantitative estimate of drug-likeness (QED) is 0.643. The van der Waals surface area contributed by atoms with E-state index in [-0.39, 0.29) is 35.8 Å². The van der Waals surface area contributed by atoms with Gasteiger partial charge in [0.2, 0.25) is 0 Å². The molecule has 3 aliphatic rings. The topological polar surface area (TPSA) is 55.8 Å². The van der Waals surface area contributed by atoms with Crippen LogP contribution >= 0.6 is 0 Å². The molecule has 0 spiro atoms. The molecule has 0 saturated carbocycles. The maximum atomic E-state index is 13.2. The van der Waals surface area contributed by atoms with Crippen molar-refractivity contribution in [2.45, 2.75) is 44.7 Å². The number of carbonyl (C=O) groups is 2. The van der Waals surface area contributed by atoms with Crippen molar-refractivity contribution in [3.63, 3.8) is 0 Å². The maximum absolute atomic E-state index is 13.2. The molecular formula is C27H29NO4. The monoisotopic (exact) mass is 431 g/mol. The Kier molecular flexibility index (Phi) is 5.60. The van der Waals surface area contributed by atoms with Crippen molar-refractivity contribution in [1.29, 1.82) is 0 Å². The molecule has 5 rings (SSSR count). The zero-order valence-electron chi connectivity index (χ0n) is 18.6. The van der Waals surface area contributed by atoms with Gasteiger partial charge in [0.1, 0.15) is 6.61 Å². The molecule has 2 heterocycles. The number of allylic oxidation sites excluding steroid dienone is 2. The number of amides is 1. The standard InChI is InChI=1S/C27H29NO4/c1-17(2)11-26(29)18-12-19-14-31-15-20(13-18)28(19)27(30)32-16-25-23-9-5-3-7-21(23)22-8-4-6-10-24(22)25/h3-11,18-20,25H,12-16H2,1-2H3. The summed E-state index contributed by atoms with van der Waals surface area (Å²) >= 11 is 0. The molecule has 1 amide bonds.